The molecule has 2 nitrogen and oxygen atoms in total. The van der Waals surface area contributed by atoms with E-state index >= 15 is 0 Å². The summed E-state index contributed by atoms with van der Waals surface area (Å²) in [5.74, 6) is 0.323. The Balaban J connectivity index is 0.000000131. The molecule has 0 atom stereocenters. The van der Waals surface area contributed by atoms with Crippen LogP contribution in [0, 0.1) is 0 Å². The molecule has 3 N–H and O–H groups in total. The van der Waals surface area contributed by atoms with Crippen LogP contribution in [0.3, 0.4) is 0 Å². The van der Waals surface area contributed by atoms with Crippen molar-refractivity contribution >= 4 is 27.2 Å². The third kappa shape index (κ3) is 3.18. The fourth-order valence-corrected chi connectivity index (χ4v) is 2.38. The van der Waals surface area contributed by atoms with E-state index in [4.69, 9.17) is 10.8 Å². The van der Waals surface area contributed by atoms with Gasteiger partial charge in [-0.3, -0.25) is 0 Å². The third-order valence-electron chi connectivity index (χ3n) is 3.51. The molecule has 2 heteroatoms. The summed E-state index contributed by atoms with van der Waals surface area (Å²) in [6.45, 7) is 0. The maximum Gasteiger partial charge on any atom is 0.116 e. The van der Waals surface area contributed by atoms with Crippen LogP contribution in [0.5, 0.6) is 5.75 Å². The monoisotopic (exact) mass is 287 g/mol. The van der Waals surface area contributed by atoms with Crippen molar-refractivity contribution in [2.45, 2.75) is 0 Å². The number of phenolic OH excluding ortho intramolecular Hbond substituents is 1. The van der Waals surface area contributed by atoms with Crippen LogP contribution in [0.2, 0.25) is 0 Å². The minimum atomic E-state index is 0.323. The molecule has 4 aromatic carbocycles. The second kappa shape index (κ2) is 6.19. The SMILES string of the molecule is Nc1ccc2ccccc2c1.Oc1ccc2ccccc2c1. The van der Waals surface area contributed by atoms with E-state index in [0.29, 0.717) is 5.75 Å². The fraction of sp³-hybridized carbons (Fsp3) is 0. The van der Waals surface area contributed by atoms with Crippen LogP contribution in [-0.4, -0.2) is 5.11 Å². The predicted octanol–water partition coefficient (Wildman–Crippen LogP) is 4.97. The van der Waals surface area contributed by atoms with Gasteiger partial charge in [-0.05, 0) is 45.8 Å². The van der Waals surface area contributed by atoms with Crippen molar-refractivity contribution in [2.75, 3.05) is 5.73 Å². The van der Waals surface area contributed by atoms with E-state index in [2.05, 4.69) is 12.1 Å². The molecular formula is C20H17NO. The van der Waals surface area contributed by atoms with Crippen LogP contribution in [0.4, 0.5) is 5.69 Å². The summed E-state index contributed by atoms with van der Waals surface area (Å²) in [6, 6.07) is 27.4. The van der Waals surface area contributed by atoms with Gasteiger partial charge in [0.15, 0.2) is 0 Å². The van der Waals surface area contributed by atoms with E-state index < -0.39 is 0 Å². The summed E-state index contributed by atoms with van der Waals surface area (Å²) >= 11 is 0. The van der Waals surface area contributed by atoms with Crippen LogP contribution in [0.15, 0.2) is 84.9 Å². The average Bonchev–Trinajstić information content (AvgIpc) is 2.55. The lowest BCUT2D eigenvalue weighted by atomic mass is 10.1. The van der Waals surface area contributed by atoms with Crippen LogP contribution >= 0.6 is 0 Å². The minimum absolute atomic E-state index is 0.323. The molecule has 0 radical (unpaired) electrons. The fourth-order valence-electron chi connectivity index (χ4n) is 2.38. The number of hydrogen-bond donors (Lipinski definition) is 2. The van der Waals surface area contributed by atoms with Gasteiger partial charge >= 0.3 is 0 Å². The molecule has 0 saturated carbocycles. The molecule has 0 aliphatic rings. The van der Waals surface area contributed by atoms with E-state index in [1.165, 1.54) is 10.8 Å². The molecule has 0 spiro atoms. The minimum Gasteiger partial charge on any atom is -0.508 e. The normalized spacial score (nSPS) is 10.2. The summed E-state index contributed by atoms with van der Waals surface area (Å²) in [5, 5.41) is 13.8. The summed E-state index contributed by atoms with van der Waals surface area (Å²) in [4.78, 5) is 0. The zero-order valence-electron chi connectivity index (χ0n) is 12.1. The lowest BCUT2D eigenvalue weighted by molar-refractivity contribution is 0.476. The van der Waals surface area contributed by atoms with Gasteiger partial charge in [0, 0.05) is 5.69 Å². The van der Waals surface area contributed by atoms with Crippen molar-refractivity contribution in [1.29, 1.82) is 0 Å². The van der Waals surface area contributed by atoms with E-state index in [1.54, 1.807) is 12.1 Å². The van der Waals surface area contributed by atoms with Crippen molar-refractivity contribution in [3.8, 4) is 5.75 Å². The quantitative estimate of drug-likeness (QED) is 0.449. The Morgan fingerprint density at radius 2 is 1.05 bits per heavy atom. The molecule has 0 amide bonds. The van der Waals surface area contributed by atoms with Gasteiger partial charge in [0.25, 0.3) is 0 Å². The molecule has 0 saturated heterocycles. The Labute approximate surface area is 129 Å². The molecule has 0 unspecified atom stereocenters. The van der Waals surface area contributed by atoms with E-state index in [0.717, 1.165) is 16.5 Å². The molecule has 22 heavy (non-hydrogen) atoms. The Morgan fingerprint density at radius 3 is 1.68 bits per heavy atom. The zero-order valence-corrected chi connectivity index (χ0v) is 12.1. The Morgan fingerprint density at radius 1 is 0.545 bits per heavy atom. The standard InChI is InChI=1S/C10H9N.C10H8O/c2*11-10-6-5-8-3-1-2-4-9(8)7-10/h1-7H,11H2;1-7,11H. The van der Waals surface area contributed by atoms with Crippen LogP contribution < -0.4 is 5.73 Å². The number of hydrogen-bond acceptors (Lipinski definition) is 2. The molecule has 108 valence electrons. The first-order valence-electron chi connectivity index (χ1n) is 7.14. The van der Waals surface area contributed by atoms with Crippen molar-refractivity contribution in [3.63, 3.8) is 0 Å². The highest BCUT2D eigenvalue weighted by Gasteiger charge is 1.91. The van der Waals surface area contributed by atoms with Gasteiger partial charge in [0.05, 0.1) is 0 Å². The van der Waals surface area contributed by atoms with Crippen LogP contribution in [0.1, 0.15) is 0 Å². The van der Waals surface area contributed by atoms with E-state index in [9.17, 15) is 0 Å². The highest BCUT2D eigenvalue weighted by atomic mass is 16.3. The highest BCUT2D eigenvalue weighted by Crippen LogP contribution is 2.18. The van der Waals surface area contributed by atoms with Crippen molar-refractivity contribution < 1.29 is 5.11 Å². The average molecular weight is 287 g/mol. The molecule has 0 aliphatic heterocycles. The molecule has 0 heterocycles. The first-order valence-corrected chi connectivity index (χ1v) is 7.14. The van der Waals surface area contributed by atoms with Gasteiger partial charge in [-0.2, -0.15) is 0 Å². The summed E-state index contributed by atoms with van der Waals surface area (Å²) in [7, 11) is 0. The lowest BCUT2D eigenvalue weighted by Gasteiger charge is -1.96. The molecule has 0 bridgehead atoms. The van der Waals surface area contributed by atoms with Crippen LogP contribution in [-0.2, 0) is 0 Å². The predicted molar refractivity (Wildman–Crippen MR) is 94.0 cm³/mol. The first-order chi connectivity index (χ1) is 10.7. The number of rotatable bonds is 0. The number of benzene rings is 4. The second-order valence-electron chi connectivity index (χ2n) is 5.14. The lowest BCUT2D eigenvalue weighted by Crippen LogP contribution is -1.82. The van der Waals surface area contributed by atoms with E-state index in [-0.39, 0.29) is 0 Å². The first kappa shape index (κ1) is 14.0. The summed E-state index contributed by atoms with van der Waals surface area (Å²) in [5.41, 5.74) is 6.45. The molecule has 4 aromatic rings. The zero-order chi connectivity index (χ0) is 15.4. The maximum absolute atomic E-state index is 9.13. The van der Waals surface area contributed by atoms with Crippen molar-refractivity contribution in [2.24, 2.45) is 0 Å². The van der Waals surface area contributed by atoms with Gasteiger partial charge in [-0.15, -0.1) is 0 Å². The molecule has 0 fully saturated rings. The number of nitrogens with two attached hydrogens (primary N) is 1. The number of anilines is 1. The van der Waals surface area contributed by atoms with Crippen molar-refractivity contribution in [1.82, 2.24) is 0 Å². The summed E-state index contributed by atoms with van der Waals surface area (Å²) < 4.78 is 0. The smallest absolute Gasteiger partial charge is 0.116 e. The number of nitrogen functional groups attached to an aromatic ring is 1. The second-order valence-corrected chi connectivity index (χ2v) is 5.14. The largest absolute Gasteiger partial charge is 0.508 e. The Hall–Kier alpha value is -3.00. The Kier molecular flexibility index (Phi) is 3.92. The number of aromatic hydroxyl groups is 1. The van der Waals surface area contributed by atoms with Gasteiger partial charge in [-0.25, -0.2) is 0 Å². The molecule has 0 aromatic heterocycles. The van der Waals surface area contributed by atoms with Crippen LogP contribution in [0.25, 0.3) is 21.5 Å². The summed E-state index contributed by atoms with van der Waals surface area (Å²) in [6.07, 6.45) is 0. The highest BCUT2D eigenvalue weighted by molar-refractivity contribution is 5.85. The van der Waals surface area contributed by atoms with E-state index in [1.807, 2.05) is 60.7 Å². The molecule has 4 rings (SSSR count). The van der Waals surface area contributed by atoms with Crippen molar-refractivity contribution in [3.05, 3.63) is 84.9 Å². The molecular weight excluding hydrogens is 270 g/mol. The maximum atomic E-state index is 9.13. The third-order valence-corrected chi connectivity index (χ3v) is 3.51. The van der Waals surface area contributed by atoms with Gasteiger partial charge in [0.2, 0.25) is 0 Å². The van der Waals surface area contributed by atoms with Gasteiger partial charge < -0.3 is 10.8 Å². The molecule has 0 aliphatic carbocycles. The number of phenols is 1. The topological polar surface area (TPSA) is 46.2 Å². The van der Waals surface area contributed by atoms with Gasteiger partial charge in [-0.1, -0.05) is 60.7 Å². The number of fused-ring (bicyclic) bond motifs is 2. The Bertz CT molecular complexity index is 838. The van der Waals surface area contributed by atoms with Gasteiger partial charge in [0.1, 0.15) is 5.75 Å².